The standard InChI is InChI=1S/C26H34N4O3S/c1-18(2)16-29(26(33)23-5-4-14-34-23)21-15-22(25(32)28-12-10-27-11-13-28)30(17-21)24(31)20-8-6-19(3)7-9-20/h4-9,14,18,21-22,27H,10-13,15-17H2,1-3H3. The number of nitrogens with zero attached hydrogens (tertiary/aromatic N) is 3. The smallest absolute Gasteiger partial charge is 0.264 e. The molecule has 2 atom stereocenters. The van der Waals surface area contributed by atoms with Gasteiger partial charge in [0.05, 0.1) is 10.9 Å². The molecule has 0 saturated carbocycles. The van der Waals surface area contributed by atoms with Gasteiger partial charge in [0.15, 0.2) is 0 Å². The van der Waals surface area contributed by atoms with Crippen LogP contribution in [0.5, 0.6) is 0 Å². The molecule has 8 heteroatoms. The van der Waals surface area contributed by atoms with E-state index in [4.69, 9.17) is 0 Å². The van der Waals surface area contributed by atoms with Crippen molar-refractivity contribution in [1.82, 2.24) is 20.0 Å². The highest BCUT2D eigenvalue weighted by atomic mass is 32.1. The Balaban J connectivity index is 1.63. The van der Waals surface area contributed by atoms with Crippen LogP contribution in [-0.4, -0.2) is 83.8 Å². The van der Waals surface area contributed by atoms with Crippen LogP contribution in [-0.2, 0) is 4.79 Å². The maximum absolute atomic E-state index is 13.6. The van der Waals surface area contributed by atoms with Crippen molar-refractivity contribution >= 4 is 29.1 Å². The van der Waals surface area contributed by atoms with E-state index in [1.807, 2.05) is 58.5 Å². The van der Waals surface area contributed by atoms with E-state index in [0.29, 0.717) is 43.0 Å². The van der Waals surface area contributed by atoms with Crippen molar-refractivity contribution in [3.05, 3.63) is 57.8 Å². The van der Waals surface area contributed by atoms with E-state index in [2.05, 4.69) is 19.2 Å². The van der Waals surface area contributed by atoms with Gasteiger partial charge in [-0.25, -0.2) is 0 Å². The third kappa shape index (κ3) is 5.33. The summed E-state index contributed by atoms with van der Waals surface area (Å²) in [6, 6.07) is 10.4. The lowest BCUT2D eigenvalue weighted by atomic mass is 10.1. The first-order valence-corrected chi connectivity index (χ1v) is 12.9. The quantitative estimate of drug-likeness (QED) is 0.687. The van der Waals surface area contributed by atoms with E-state index in [1.165, 1.54) is 11.3 Å². The Morgan fingerprint density at radius 3 is 2.44 bits per heavy atom. The molecule has 7 nitrogen and oxygen atoms in total. The summed E-state index contributed by atoms with van der Waals surface area (Å²) in [7, 11) is 0. The largest absolute Gasteiger partial charge is 0.338 e. The molecule has 3 heterocycles. The van der Waals surface area contributed by atoms with Gasteiger partial charge < -0.3 is 20.0 Å². The summed E-state index contributed by atoms with van der Waals surface area (Å²) in [5, 5.41) is 5.18. The van der Waals surface area contributed by atoms with E-state index >= 15 is 0 Å². The van der Waals surface area contributed by atoms with Gasteiger partial charge in [-0.2, -0.15) is 0 Å². The Hall–Kier alpha value is -2.71. The van der Waals surface area contributed by atoms with Gasteiger partial charge in [0, 0.05) is 44.8 Å². The molecule has 2 fully saturated rings. The van der Waals surface area contributed by atoms with Crippen LogP contribution in [0.15, 0.2) is 41.8 Å². The van der Waals surface area contributed by atoms with Gasteiger partial charge in [-0.15, -0.1) is 11.3 Å². The number of thiophene rings is 1. The number of carbonyl (C=O) groups excluding carboxylic acids is 3. The van der Waals surface area contributed by atoms with Crippen molar-refractivity contribution in [1.29, 1.82) is 0 Å². The van der Waals surface area contributed by atoms with Gasteiger partial charge in [0.2, 0.25) is 5.91 Å². The Kier molecular flexibility index (Phi) is 7.68. The number of piperazine rings is 1. The van der Waals surface area contributed by atoms with Crippen LogP contribution >= 0.6 is 11.3 Å². The van der Waals surface area contributed by atoms with Crippen LogP contribution in [0.3, 0.4) is 0 Å². The fourth-order valence-corrected chi connectivity index (χ4v) is 5.47. The normalized spacial score (nSPS) is 20.6. The molecular formula is C26H34N4O3S. The first kappa shape index (κ1) is 24.4. The number of rotatable bonds is 6. The highest BCUT2D eigenvalue weighted by molar-refractivity contribution is 7.12. The summed E-state index contributed by atoms with van der Waals surface area (Å²) in [5.41, 5.74) is 1.65. The number of hydrogen-bond donors (Lipinski definition) is 1. The minimum atomic E-state index is -0.567. The molecule has 2 saturated heterocycles. The number of nitrogens with one attached hydrogen (secondary N) is 1. The molecule has 0 spiro atoms. The Bertz CT molecular complexity index is 1000. The minimum Gasteiger partial charge on any atom is -0.338 e. The molecule has 1 aromatic carbocycles. The SMILES string of the molecule is Cc1ccc(C(=O)N2CC(N(CC(C)C)C(=O)c3cccs3)CC2C(=O)N2CCNCC2)cc1. The Morgan fingerprint density at radius 1 is 1.12 bits per heavy atom. The molecule has 3 amide bonds. The molecule has 34 heavy (non-hydrogen) atoms. The summed E-state index contributed by atoms with van der Waals surface area (Å²) < 4.78 is 0. The number of carbonyl (C=O) groups is 3. The number of likely N-dealkylation sites (tertiary alicyclic amines) is 1. The zero-order chi connectivity index (χ0) is 24.2. The monoisotopic (exact) mass is 482 g/mol. The number of hydrogen-bond acceptors (Lipinski definition) is 5. The molecular weight excluding hydrogens is 448 g/mol. The van der Waals surface area contributed by atoms with Gasteiger partial charge in [-0.05, 0) is 42.8 Å². The first-order chi connectivity index (χ1) is 16.3. The number of aryl methyl sites for hydroxylation is 1. The van der Waals surface area contributed by atoms with Crippen molar-refractivity contribution in [3.63, 3.8) is 0 Å². The van der Waals surface area contributed by atoms with Gasteiger partial charge in [-0.3, -0.25) is 14.4 Å². The van der Waals surface area contributed by atoms with Gasteiger partial charge in [-0.1, -0.05) is 37.6 Å². The molecule has 2 aliphatic heterocycles. The summed E-state index contributed by atoms with van der Waals surface area (Å²) in [4.78, 5) is 46.7. The molecule has 1 aromatic heterocycles. The van der Waals surface area contributed by atoms with Crippen molar-refractivity contribution in [2.45, 2.75) is 39.3 Å². The Morgan fingerprint density at radius 2 is 1.82 bits per heavy atom. The van der Waals surface area contributed by atoms with E-state index in [-0.39, 0.29) is 29.7 Å². The third-order valence-electron chi connectivity index (χ3n) is 6.55. The van der Waals surface area contributed by atoms with Crippen LogP contribution < -0.4 is 5.32 Å². The highest BCUT2D eigenvalue weighted by Gasteiger charge is 2.45. The molecule has 4 rings (SSSR count). The lowest BCUT2D eigenvalue weighted by Crippen LogP contribution is -2.53. The maximum Gasteiger partial charge on any atom is 0.264 e. The van der Waals surface area contributed by atoms with Crippen molar-refractivity contribution in [2.24, 2.45) is 5.92 Å². The predicted molar refractivity (Wildman–Crippen MR) is 134 cm³/mol. The molecule has 0 radical (unpaired) electrons. The third-order valence-corrected chi connectivity index (χ3v) is 7.41. The zero-order valence-corrected chi connectivity index (χ0v) is 21.0. The second kappa shape index (κ2) is 10.7. The predicted octanol–water partition coefficient (Wildman–Crippen LogP) is 2.87. The second-order valence-electron chi connectivity index (χ2n) is 9.63. The summed E-state index contributed by atoms with van der Waals surface area (Å²) in [6.07, 6.45) is 0.462. The average Bonchev–Trinajstić information content (AvgIpc) is 3.53. The van der Waals surface area contributed by atoms with E-state index in [9.17, 15) is 14.4 Å². The zero-order valence-electron chi connectivity index (χ0n) is 20.2. The van der Waals surface area contributed by atoms with Crippen molar-refractivity contribution in [3.8, 4) is 0 Å². The second-order valence-corrected chi connectivity index (χ2v) is 10.6. The molecule has 182 valence electrons. The minimum absolute atomic E-state index is 0.0162. The fourth-order valence-electron chi connectivity index (χ4n) is 4.79. The van der Waals surface area contributed by atoms with Crippen LogP contribution in [0, 0.1) is 12.8 Å². The van der Waals surface area contributed by atoms with Crippen molar-refractivity contribution < 1.29 is 14.4 Å². The van der Waals surface area contributed by atoms with E-state index in [0.717, 1.165) is 18.7 Å². The van der Waals surface area contributed by atoms with Crippen LogP contribution in [0.2, 0.25) is 0 Å². The van der Waals surface area contributed by atoms with E-state index in [1.54, 1.807) is 4.90 Å². The van der Waals surface area contributed by atoms with Gasteiger partial charge >= 0.3 is 0 Å². The molecule has 2 aliphatic rings. The van der Waals surface area contributed by atoms with Gasteiger partial charge in [0.25, 0.3) is 11.8 Å². The molecule has 0 bridgehead atoms. The molecule has 1 N–H and O–H groups in total. The van der Waals surface area contributed by atoms with Gasteiger partial charge in [0.1, 0.15) is 6.04 Å². The van der Waals surface area contributed by atoms with Crippen LogP contribution in [0.25, 0.3) is 0 Å². The summed E-state index contributed by atoms with van der Waals surface area (Å²) in [6.45, 7) is 9.88. The number of amides is 3. The number of benzene rings is 1. The van der Waals surface area contributed by atoms with Crippen LogP contribution in [0.1, 0.15) is 45.9 Å². The maximum atomic E-state index is 13.6. The van der Waals surface area contributed by atoms with E-state index < -0.39 is 6.04 Å². The Labute approximate surface area is 205 Å². The molecule has 2 unspecified atom stereocenters. The average molecular weight is 483 g/mol. The topological polar surface area (TPSA) is 73.0 Å². The highest BCUT2D eigenvalue weighted by Crippen LogP contribution is 2.28. The summed E-state index contributed by atoms with van der Waals surface area (Å²) in [5.74, 6) is 0.0846. The fraction of sp³-hybridized carbons (Fsp3) is 0.500. The molecule has 2 aromatic rings. The lowest BCUT2D eigenvalue weighted by molar-refractivity contribution is -0.135. The first-order valence-electron chi connectivity index (χ1n) is 12.1. The van der Waals surface area contributed by atoms with Crippen LogP contribution in [0.4, 0.5) is 0 Å². The van der Waals surface area contributed by atoms with Crippen molar-refractivity contribution in [2.75, 3.05) is 39.3 Å². The lowest BCUT2D eigenvalue weighted by Gasteiger charge is -2.32. The molecule has 0 aliphatic carbocycles. The summed E-state index contributed by atoms with van der Waals surface area (Å²) >= 11 is 1.43.